The molecular formula is C12H16FN3S. The second kappa shape index (κ2) is 5.72. The lowest BCUT2D eigenvalue weighted by molar-refractivity contribution is 0.627. The minimum absolute atomic E-state index is 0.103. The topological polar surface area (TPSA) is 41.6 Å². The van der Waals surface area contributed by atoms with E-state index in [4.69, 9.17) is 18.0 Å². The summed E-state index contributed by atoms with van der Waals surface area (Å²) in [6.45, 7) is 5.71. The van der Waals surface area contributed by atoms with Gasteiger partial charge >= 0.3 is 0 Å². The van der Waals surface area contributed by atoms with Gasteiger partial charge in [-0.3, -0.25) is 0 Å². The Morgan fingerprint density at radius 2 is 2.18 bits per heavy atom. The Labute approximate surface area is 106 Å². The molecule has 0 bridgehead atoms. The van der Waals surface area contributed by atoms with Crippen molar-refractivity contribution in [1.29, 1.82) is 0 Å². The Morgan fingerprint density at radius 3 is 2.71 bits per heavy atom. The Kier molecular flexibility index (Phi) is 4.57. The van der Waals surface area contributed by atoms with Crippen LogP contribution in [-0.4, -0.2) is 10.8 Å². The molecule has 0 spiro atoms. The molecule has 0 fully saturated rings. The number of hydrogen-bond donors (Lipinski definition) is 1. The molecule has 0 aromatic heterocycles. The number of nitrogens with zero attached hydrogens (tertiary/aromatic N) is 2. The van der Waals surface area contributed by atoms with E-state index in [-0.39, 0.29) is 10.9 Å². The van der Waals surface area contributed by atoms with Gasteiger partial charge in [0.1, 0.15) is 5.82 Å². The quantitative estimate of drug-likeness (QED) is 0.511. The summed E-state index contributed by atoms with van der Waals surface area (Å²) >= 11 is 4.94. The molecule has 1 aromatic carbocycles. The smallest absolute Gasteiger partial charge is 0.191 e. The van der Waals surface area contributed by atoms with E-state index < -0.39 is 0 Å². The normalized spacial score (nSPS) is 11.4. The van der Waals surface area contributed by atoms with Crippen LogP contribution in [0, 0.1) is 12.7 Å². The van der Waals surface area contributed by atoms with Crippen molar-refractivity contribution in [3.8, 4) is 0 Å². The molecule has 0 saturated heterocycles. The van der Waals surface area contributed by atoms with Crippen molar-refractivity contribution < 1.29 is 4.39 Å². The summed E-state index contributed by atoms with van der Waals surface area (Å²) in [5.74, 6) is -0.337. The van der Waals surface area contributed by atoms with Gasteiger partial charge in [-0.25, -0.2) is 9.40 Å². The fourth-order valence-electron chi connectivity index (χ4n) is 1.27. The van der Waals surface area contributed by atoms with Crippen LogP contribution in [0.3, 0.4) is 0 Å². The molecule has 0 aliphatic rings. The lowest BCUT2D eigenvalue weighted by Crippen LogP contribution is -2.32. The molecule has 0 radical (unpaired) electrons. The van der Waals surface area contributed by atoms with Crippen molar-refractivity contribution in [2.24, 2.45) is 10.8 Å². The summed E-state index contributed by atoms with van der Waals surface area (Å²) in [6, 6.07) is 4.45. The molecule has 17 heavy (non-hydrogen) atoms. The number of rotatable bonds is 3. The van der Waals surface area contributed by atoms with Gasteiger partial charge in [0.2, 0.25) is 0 Å². The highest BCUT2D eigenvalue weighted by Gasteiger charge is 2.12. The van der Waals surface area contributed by atoms with E-state index in [9.17, 15) is 4.39 Å². The maximum absolute atomic E-state index is 13.2. The van der Waals surface area contributed by atoms with E-state index in [2.05, 4.69) is 5.10 Å². The molecule has 92 valence electrons. The summed E-state index contributed by atoms with van der Waals surface area (Å²) in [7, 11) is 0. The number of hydrogen-bond acceptors (Lipinski definition) is 2. The average Bonchev–Trinajstić information content (AvgIpc) is 2.28. The van der Waals surface area contributed by atoms with Crippen molar-refractivity contribution in [2.75, 3.05) is 5.01 Å². The highest BCUT2D eigenvalue weighted by molar-refractivity contribution is 7.80. The van der Waals surface area contributed by atoms with Crippen molar-refractivity contribution in [1.82, 2.24) is 0 Å². The minimum atomic E-state index is -0.337. The van der Waals surface area contributed by atoms with Gasteiger partial charge in [-0.05, 0) is 50.2 Å². The molecule has 1 rings (SSSR count). The van der Waals surface area contributed by atoms with Crippen molar-refractivity contribution in [2.45, 2.75) is 27.2 Å². The number of nitrogens with two attached hydrogens (primary N) is 1. The number of thiocarbonyl (C=S) groups is 1. The van der Waals surface area contributed by atoms with Crippen molar-refractivity contribution in [3.63, 3.8) is 0 Å². The third-order valence-electron chi connectivity index (χ3n) is 2.39. The molecule has 1 aromatic rings. The van der Waals surface area contributed by atoms with Crippen LogP contribution in [-0.2, 0) is 0 Å². The molecule has 0 heterocycles. The first kappa shape index (κ1) is 13.6. The Bertz CT molecular complexity index is 457. The molecular weight excluding hydrogens is 237 g/mol. The average molecular weight is 253 g/mol. The zero-order valence-corrected chi connectivity index (χ0v) is 11.0. The van der Waals surface area contributed by atoms with Crippen LogP contribution in [0.4, 0.5) is 10.1 Å². The van der Waals surface area contributed by atoms with Crippen LogP contribution in [0.5, 0.6) is 0 Å². The molecule has 0 atom stereocenters. The zero-order valence-electron chi connectivity index (χ0n) is 10.2. The van der Waals surface area contributed by atoms with Crippen molar-refractivity contribution in [3.05, 3.63) is 29.6 Å². The van der Waals surface area contributed by atoms with Gasteiger partial charge < -0.3 is 5.73 Å². The molecule has 3 nitrogen and oxygen atoms in total. The van der Waals surface area contributed by atoms with Crippen LogP contribution in [0.25, 0.3) is 0 Å². The zero-order chi connectivity index (χ0) is 13.0. The third-order valence-corrected chi connectivity index (χ3v) is 2.56. The molecule has 0 aliphatic heterocycles. The minimum Gasteiger partial charge on any atom is -0.374 e. The maximum atomic E-state index is 13.2. The first-order chi connectivity index (χ1) is 7.95. The largest absolute Gasteiger partial charge is 0.374 e. The number of halogens is 1. The molecule has 2 N–H and O–H groups in total. The summed E-state index contributed by atoms with van der Waals surface area (Å²) < 4.78 is 13.2. The highest BCUT2D eigenvalue weighted by Crippen LogP contribution is 2.21. The molecule has 0 amide bonds. The van der Waals surface area contributed by atoms with E-state index in [1.165, 1.54) is 17.1 Å². The number of hydrazone groups is 1. The van der Waals surface area contributed by atoms with E-state index in [1.54, 1.807) is 6.07 Å². The van der Waals surface area contributed by atoms with Gasteiger partial charge in [-0.2, -0.15) is 5.10 Å². The molecule has 5 heteroatoms. The second-order valence-corrected chi connectivity index (χ2v) is 4.19. The molecule has 0 saturated carbocycles. The van der Waals surface area contributed by atoms with E-state index in [0.29, 0.717) is 5.69 Å². The van der Waals surface area contributed by atoms with Crippen LogP contribution in [0.1, 0.15) is 25.8 Å². The van der Waals surface area contributed by atoms with Crippen molar-refractivity contribution >= 4 is 28.7 Å². The van der Waals surface area contributed by atoms with Crippen LogP contribution in [0.2, 0.25) is 0 Å². The maximum Gasteiger partial charge on any atom is 0.191 e. The Balaban J connectivity index is 3.23. The predicted molar refractivity (Wildman–Crippen MR) is 73.8 cm³/mol. The second-order valence-electron chi connectivity index (χ2n) is 3.77. The number of aryl methyl sites for hydroxylation is 1. The van der Waals surface area contributed by atoms with Gasteiger partial charge in [0.25, 0.3) is 0 Å². The van der Waals surface area contributed by atoms with E-state index in [1.807, 2.05) is 20.8 Å². The summed E-state index contributed by atoms with van der Waals surface area (Å²) in [5, 5.41) is 5.78. The van der Waals surface area contributed by atoms with E-state index in [0.717, 1.165) is 17.7 Å². The first-order valence-electron chi connectivity index (χ1n) is 5.35. The van der Waals surface area contributed by atoms with Crippen LogP contribution < -0.4 is 10.7 Å². The fraction of sp³-hybridized carbons (Fsp3) is 0.333. The highest BCUT2D eigenvalue weighted by atomic mass is 32.1. The summed E-state index contributed by atoms with van der Waals surface area (Å²) in [6.07, 6.45) is 0.785. The molecule has 0 unspecified atom stereocenters. The number of anilines is 1. The first-order valence-corrected chi connectivity index (χ1v) is 5.76. The van der Waals surface area contributed by atoms with Gasteiger partial charge in [0, 0.05) is 5.71 Å². The lowest BCUT2D eigenvalue weighted by atomic mass is 10.2. The standard InChI is InChI=1S/C12H16FN3S/c1-4-9(3)15-16(12(14)17)11-7-10(13)6-5-8(11)2/h5-7H,4H2,1-3H3,(H2,14,17)/b15-9+. The predicted octanol–water partition coefficient (Wildman–Crippen LogP) is 2.97. The van der Waals surface area contributed by atoms with Gasteiger partial charge in [0.05, 0.1) is 5.69 Å². The fourth-order valence-corrected chi connectivity index (χ4v) is 1.41. The monoisotopic (exact) mass is 253 g/mol. The van der Waals surface area contributed by atoms with Gasteiger partial charge in [-0.15, -0.1) is 0 Å². The molecule has 0 aliphatic carbocycles. The van der Waals surface area contributed by atoms with Crippen LogP contribution in [0.15, 0.2) is 23.3 Å². The summed E-state index contributed by atoms with van der Waals surface area (Å²) in [4.78, 5) is 0. The lowest BCUT2D eigenvalue weighted by Gasteiger charge is -2.20. The van der Waals surface area contributed by atoms with Crippen LogP contribution >= 0.6 is 12.2 Å². The number of benzene rings is 1. The SMILES string of the molecule is CC/C(C)=N/N(C(N)=S)c1cc(F)ccc1C. The Hall–Kier alpha value is -1.49. The summed E-state index contributed by atoms with van der Waals surface area (Å²) in [5.41, 5.74) is 7.94. The van der Waals surface area contributed by atoms with Gasteiger partial charge in [-0.1, -0.05) is 13.0 Å². The van der Waals surface area contributed by atoms with E-state index >= 15 is 0 Å². The third kappa shape index (κ3) is 3.49. The van der Waals surface area contributed by atoms with Gasteiger partial charge in [0.15, 0.2) is 5.11 Å². The Morgan fingerprint density at radius 1 is 1.53 bits per heavy atom.